The first kappa shape index (κ1) is 23.9. The zero-order valence-corrected chi connectivity index (χ0v) is 20.6. The molecule has 4 aliphatic rings. The van der Waals surface area contributed by atoms with Crippen LogP contribution in [0.4, 0.5) is 11.4 Å². The van der Waals surface area contributed by atoms with Gasteiger partial charge in [-0.3, -0.25) is 14.9 Å². The summed E-state index contributed by atoms with van der Waals surface area (Å²) in [5.41, 5.74) is 0.331. The lowest BCUT2D eigenvalue weighted by Gasteiger charge is -2.59. The summed E-state index contributed by atoms with van der Waals surface area (Å²) in [7, 11) is -3.83. The highest BCUT2D eigenvalue weighted by atomic mass is 32.2. The lowest BCUT2D eigenvalue weighted by Crippen LogP contribution is -2.56. The van der Waals surface area contributed by atoms with Crippen LogP contribution in [-0.4, -0.2) is 25.3 Å². The van der Waals surface area contributed by atoms with Crippen LogP contribution in [-0.2, 0) is 10.0 Å². The van der Waals surface area contributed by atoms with E-state index in [0.717, 1.165) is 43.4 Å². The van der Waals surface area contributed by atoms with Gasteiger partial charge in [-0.25, -0.2) is 13.1 Å². The molecule has 4 saturated carbocycles. The Balaban J connectivity index is 1.34. The smallest absolute Gasteiger partial charge is 0.271 e. The van der Waals surface area contributed by atoms with Crippen LogP contribution in [0.2, 0.25) is 0 Å². The fourth-order valence-corrected chi connectivity index (χ4v) is 8.67. The second-order valence-electron chi connectivity index (χ2n) is 10.7. The van der Waals surface area contributed by atoms with Crippen molar-refractivity contribution in [1.82, 2.24) is 4.72 Å². The Morgan fingerprint density at radius 1 is 1.06 bits per heavy atom. The molecule has 2 aromatic carbocycles. The molecule has 35 heavy (non-hydrogen) atoms. The minimum absolute atomic E-state index is 0.0353. The average Bonchev–Trinajstić information content (AvgIpc) is 2.82. The van der Waals surface area contributed by atoms with Crippen LogP contribution < -0.4 is 10.0 Å². The number of non-ortho nitro benzene ring substituents is 1. The normalized spacial score (nSPS) is 28.0. The van der Waals surface area contributed by atoms with Gasteiger partial charge in [0.05, 0.1) is 9.82 Å². The van der Waals surface area contributed by atoms with Gasteiger partial charge in [0.15, 0.2) is 0 Å². The van der Waals surface area contributed by atoms with Crippen LogP contribution in [0.25, 0.3) is 0 Å². The number of anilines is 1. The number of rotatable bonds is 8. The van der Waals surface area contributed by atoms with Crippen molar-refractivity contribution in [1.29, 1.82) is 0 Å². The number of carbonyl (C=O) groups excluding carboxylic acids is 1. The van der Waals surface area contributed by atoms with Gasteiger partial charge in [-0.05, 0) is 92.4 Å². The maximum atomic E-state index is 13.4. The van der Waals surface area contributed by atoms with E-state index in [2.05, 4.69) is 17.0 Å². The topological polar surface area (TPSA) is 118 Å². The number of amides is 1. The molecule has 186 valence electrons. The van der Waals surface area contributed by atoms with Crippen molar-refractivity contribution in [3.8, 4) is 0 Å². The number of hydrogen-bond donors (Lipinski definition) is 2. The zero-order chi connectivity index (χ0) is 24.8. The van der Waals surface area contributed by atoms with Gasteiger partial charge in [-0.15, -0.1) is 0 Å². The molecule has 2 aromatic rings. The molecule has 0 spiro atoms. The highest BCUT2D eigenvalue weighted by molar-refractivity contribution is 7.89. The van der Waals surface area contributed by atoms with Crippen LogP contribution in [0.5, 0.6) is 0 Å². The minimum Gasteiger partial charge on any atom is -0.322 e. The molecule has 6 rings (SSSR count). The van der Waals surface area contributed by atoms with Crippen molar-refractivity contribution < 1.29 is 18.1 Å². The molecule has 4 fully saturated rings. The van der Waals surface area contributed by atoms with E-state index in [1.165, 1.54) is 55.7 Å². The molecule has 0 aromatic heterocycles. The quantitative estimate of drug-likeness (QED) is 0.388. The molecule has 1 amide bonds. The molecular formula is C26H31N3O5S. The molecule has 0 aliphatic heterocycles. The summed E-state index contributed by atoms with van der Waals surface area (Å²) in [5.74, 6) is 1.64. The molecule has 4 aliphatic carbocycles. The van der Waals surface area contributed by atoms with E-state index in [4.69, 9.17) is 0 Å². The molecule has 0 radical (unpaired) electrons. The molecule has 2 N–H and O–H groups in total. The Kier molecular flexibility index (Phi) is 6.17. The van der Waals surface area contributed by atoms with E-state index in [1.807, 2.05) is 0 Å². The monoisotopic (exact) mass is 497 g/mol. The second-order valence-corrected chi connectivity index (χ2v) is 12.4. The molecule has 0 heterocycles. The summed E-state index contributed by atoms with van der Waals surface area (Å²) < 4.78 is 29.9. The average molecular weight is 498 g/mol. The van der Waals surface area contributed by atoms with Crippen LogP contribution in [0, 0.1) is 33.3 Å². The summed E-state index contributed by atoms with van der Waals surface area (Å²) in [5, 5.41) is 13.6. The van der Waals surface area contributed by atoms with Crippen LogP contribution in [0.15, 0.2) is 53.4 Å². The van der Waals surface area contributed by atoms with E-state index >= 15 is 0 Å². The van der Waals surface area contributed by atoms with Gasteiger partial charge in [0.25, 0.3) is 11.6 Å². The van der Waals surface area contributed by atoms with E-state index in [1.54, 1.807) is 12.1 Å². The number of nitrogens with one attached hydrogen (secondary N) is 2. The van der Waals surface area contributed by atoms with Crippen LogP contribution in [0.1, 0.15) is 62.2 Å². The summed E-state index contributed by atoms with van der Waals surface area (Å²) >= 11 is 0. The number of carbonyl (C=O) groups is 1. The molecule has 1 atom stereocenters. The second kappa shape index (κ2) is 9.02. The number of benzene rings is 2. The Morgan fingerprint density at radius 3 is 2.29 bits per heavy atom. The van der Waals surface area contributed by atoms with Crippen molar-refractivity contribution in [2.24, 2.45) is 23.2 Å². The fraction of sp³-hybridized carbons (Fsp3) is 0.500. The van der Waals surface area contributed by atoms with Crippen molar-refractivity contribution in [2.75, 3.05) is 5.32 Å². The lowest BCUT2D eigenvalue weighted by atomic mass is 9.47. The van der Waals surface area contributed by atoms with E-state index in [9.17, 15) is 23.3 Å². The Hall–Kier alpha value is -2.78. The zero-order valence-electron chi connectivity index (χ0n) is 19.8. The first-order valence-corrected chi connectivity index (χ1v) is 13.8. The summed E-state index contributed by atoms with van der Waals surface area (Å²) in [6, 6.07) is 11.4. The predicted molar refractivity (Wildman–Crippen MR) is 132 cm³/mol. The van der Waals surface area contributed by atoms with E-state index < -0.39 is 20.9 Å². The summed E-state index contributed by atoms with van der Waals surface area (Å²) in [4.78, 5) is 23.3. The van der Waals surface area contributed by atoms with Crippen LogP contribution >= 0.6 is 0 Å². The Morgan fingerprint density at radius 2 is 1.69 bits per heavy atom. The third kappa shape index (κ3) is 4.71. The highest BCUT2D eigenvalue weighted by Gasteiger charge is 2.54. The van der Waals surface area contributed by atoms with Gasteiger partial charge in [0.2, 0.25) is 10.0 Å². The van der Waals surface area contributed by atoms with Crippen molar-refractivity contribution >= 4 is 27.3 Å². The molecule has 1 unspecified atom stereocenters. The summed E-state index contributed by atoms with van der Waals surface area (Å²) in [6.07, 6.45) is 7.93. The number of nitro groups is 1. The first-order chi connectivity index (χ1) is 16.7. The molecule has 4 bridgehead atoms. The van der Waals surface area contributed by atoms with Gasteiger partial charge in [-0.2, -0.15) is 0 Å². The van der Waals surface area contributed by atoms with E-state index in [0.29, 0.717) is 0 Å². The largest absolute Gasteiger partial charge is 0.322 e. The maximum absolute atomic E-state index is 13.4. The minimum atomic E-state index is -3.83. The number of nitrogens with zero attached hydrogens (tertiary/aromatic N) is 1. The number of sulfonamides is 1. The third-order valence-electron chi connectivity index (χ3n) is 8.25. The predicted octanol–water partition coefficient (Wildman–Crippen LogP) is 5.12. The Labute approximate surface area is 205 Å². The van der Waals surface area contributed by atoms with Gasteiger partial charge in [0.1, 0.15) is 0 Å². The molecule has 9 heteroatoms. The molecule has 8 nitrogen and oxygen atoms in total. The van der Waals surface area contributed by atoms with Crippen LogP contribution in [0.3, 0.4) is 0 Å². The van der Waals surface area contributed by atoms with Gasteiger partial charge >= 0.3 is 0 Å². The van der Waals surface area contributed by atoms with Gasteiger partial charge in [0, 0.05) is 29.4 Å². The molecular weight excluding hydrogens is 466 g/mol. The molecule has 0 saturated heterocycles. The highest BCUT2D eigenvalue weighted by Crippen LogP contribution is 2.61. The van der Waals surface area contributed by atoms with Crippen molar-refractivity contribution in [3.63, 3.8) is 0 Å². The lowest BCUT2D eigenvalue weighted by molar-refractivity contribution is -0.384. The first-order valence-electron chi connectivity index (χ1n) is 12.4. The maximum Gasteiger partial charge on any atom is 0.271 e. The van der Waals surface area contributed by atoms with Gasteiger partial charge < -0.3 is 5.32 Å². The van der Waals surface area contributed by atoms with Gasteiger partial charge in [-0.1, -0.05) is 19.1 Å². The summed E-state index contributed by atoms with van der Waals surface area (Å²) in [6.45, 7) is 2.05. The third-order valence-corrected chi connectivity index (χ3v) is 9.72. The Bertz CT molecular complexity index is 1220. The number of hydrogen-bond acceptors (Lipinski definition) is 5. The van der Waals surface area contributed by atoms with Crippen molar-refractivity contribution in [3.05, 3.63) is 64.2 Å². The fourth-order valence-electron chi connectivity index (χ4n) is 7.21. The van der Waals surface area contributed by atoms with E-state index in [-0.39, 0.29) is 33.3 Å². The number of nitro benzene ring substituents is 1. The standard InChI is InChI=1S/C26H31N3O5S/c1-2-24(26-14-17-9-18(15-26)11-19(10-17)16-26)28-35(33,34)23-8-3-5-20(12-23)25(30)27-21-6-4-7-22(13-21)29(31)32/h3-8,12-13,17-19,24,28H,2,9-11,14-16H2,1H3,(H,27,30). The van der Waals surface area contributed by atoms with Crippen molar-refractivity contribution in [2.45, 2.75) is 62.8 Å². The SMILES string of the molecule is CCC(NS(=O)(=O)c1cccc(C(=O)Nc2cccc([N+](=O)[O-])c2)c1)C12CC3CC(CC(C3)C1)C2.